The van der Waals surface area contributed by atoms with Crippen molar-refractivity contribution in [1.82, 2.24) is 15.0 Å². The molecule has 4 heterocycles. The van der Waals surface area contributed by atoms with Gasteiger partial charge in [0.05, 0.1) is 8.07 Å². The van der Waals surface area contributed by atoms with E-state index in [4.69, 9.17) is 4.98 Å². The molecule has 0 N–H and O–H groups in total. The van der Waals surface area contributed by atoms with Crippen molar-refractivity contribution < 1.29 is 24.5 Å². The molecule has 7 heteroatoms. The van der Waals surface area contributed by atoms with Crippen molar-refractivity contribution in [2.75, 3.05) is 0 Å². The van der Waals surface area contributed by atoms with Gasteiger partial charge in [-0.15, -0.1) is 47.5 Å². The predicted molar refractivity (Wildman–Crippen MR) is 209 cm³/mol. The van der Waals surface area contributed by atoms with Crippen LogP contribution in [0.3, 0.4) is 0 Å². The number of rotatable bonds is 7. The Hall–Kier alpha value is -4.65. The van der Waals surface area contributed by atoms with Crippen LogP contribution in [0.25, 0.3) is 42.8 Å². The number of fused-ring (bicyclic) bond motifs is 3. The first kappa shape index (κ1) is 36.1. The Balaban J connectivity index is 0.000000175. The number of halogens is 1. The van der Waals surface area contributed by atoms with Gasteiger partial charge in [0.2, 0.25) is 0 Å². The molecule has 0 aliphatic heterocycles. The summed E-state index contributed by atoms with van der Waals surface area (Å²) >= 11 is 1.55. The van der Waals surface area contributed by atoms with Crippen LogP contribution in [0.15, 0.2) is 140 Å². The van der Waals surface area contributed by atoms with Gasteiger partial charge >= 0.3 is 0 Å². The van der Waals surface area contributed by atoms with Crippen LogP contribution in [-0.2, 0) is 32.9 Å². The molecule has 0 saturated carbocycles. The van der Waals surface area contributed by atoms with E-state index in [1.165, 1.54) is 33.5 Å². The molecule has 4 aromatic heterocycles. The van der Waals surface area contributed by atoms with Crippen LogP contribution < -0.4 is 5.19 Å². The van der Waals surface area contributed by atoms with Crippen molar-refractivity contribution in [1.29, 1.82) is 0 Å². The van der Waals surface area contributed by atoms with Gasteiger partial charge < -0.3 is 15.0 Å². The van der Waals surface area contributed by atoms with Crippen LogP contribution in [0, 0.1) is 18.1 Å². The van der Waals surface area contributed by atoms with Gasteiger partial charge in [0.25, 0.3) is 0 Å². The number of nitrogens with zero attached hydrogens (tertiary/aromatic N) is 3. The Bertz CT molecular complexity index is 2380. The van der Waals surface area contributed by atoms with E-state index in [0.29, 0.717) is 0 Å². The standard InChI is InChI=1S/C23H14FN2S.C21H22NSi.Ir/c24-18-6-7-22-19(13-18)20-12-17(14-26-23(20)27-22)21-11-16(8-9-25-21)10-15-4-2-1-3-5-15;1-23(2,3)21-16-22-20(18-12-8-5-9-13-18)15-19(21)14-17-10-6-4-7-11-17;/h1-9,11-13H,10H2;4-12,15-16H,14H2,1-3H3;/q2*-1;. The minimum Gasteiger partial charge on any atom is -0.341 e. The zero-order chi connectivity index (χ0) is 34.5. The van der Waals surface area contributed by atoms with Crippen LogP contribution >= 0.6 is 11.3 Å². The third kappa shape index (κ3) is 8.81. The summed E-state index contributed by atoms with van der Waals surface area (Å²) in [6, 6.07) is 45.6. The van der Waals surface area contributed by atoms with Crippen LogP contribution in [0.5, 0.6) is 0 Å². The van der Waals surface area contributed by atoms with Gasteiger partial charge in [-0.05, 0) is 82.0 Å². The number of pyridine rings is 3. The summed E-state index contributed by atoms with van der Waals surface area (Å²) < 4.78 is 14.7. The van der Waals surface area contributed by atoms with Crippen LogP contribution in [0.1, 0.15) is 22.3 Å². The van der Waals surface area contributed by atoms with Crippen molar-refractivity contribution in [2.24, 2.45) is 0 Å². The van der Waals surface area contributed by atoms with Crippen LogP contribution in [-0.4, -0.2) is 23.0 Å². The second-order valence-corrected chi connectivity index (χ2v) is 19.4. The first-order valence-electron chi connectivity index (χ1n) is 16.7. The third-order valence-electron chi connectivity index (χ3n) is 8.61. The minimum atomic E-state index is -1.43. The van der Waals surface area contributed by atoms with Crippen LogP contribution in [0.4, 0.5) is 4.39 Å². The fourth-order valence-electron chi connectivity index (χ4n) is 6.11. The molecule has 0 spiro atoms. The Labute approximate surface area is 317 Å². The summed E-state index contributed by atoms with van der Waals surface area (Å²) in [6.45, 7) is 7.15. The average Bonchev–Trinajstić information content (AvgIpc) is 3.50. The Morgan fingerprint density at radius 3 is 2.08 bits per heavy atom. The molecular formula is C44H36FIrN3SSi-2. The van der Waals surface area contributed by atoms with E-state index in [1.54, 1.807) is 23.5 Å². The van der Waals surface area contributed by atoms with Gasteiger partial charge in [0.15, 0.2) is 0 Å². The Kier molecular flexibility index (Phi) is 11.4. The number of hydrogen-bond donors (Lipinski definition) is 0. The first-order valence-corrected chi connectivity index (χ1v) is 21.0. The molecule has 51 heavy (non-hydrogen) atoms. The Morgan fingerprint density at radius 1 is 0.667 bits per heavy atom. The second kappa shape index (κ2) is 16.1. The number of hydrogen-bond acceptors (Lipinski definition) is 4. The van der Waals surface area contributed by atoms with Gasteiger partial charge in [-0.1, -0.05) is 103 Å². The minimum absolute atomic E-state index is 0. The van der Waals surface area contributed by atoms with Gasteiger partial charge in [-0.3, -0.25) is 0 Å². The Morgan fingerprint density at radius 2 is 1.37 bits per heavy atom. The van der Waals surface area contributed by atoms with Gasteiger partial charge in [-0.2, -0.15) is 11.3 Å². The average molecular weight is 878 g/mol. The first-order chi connectivity index (χ1) is 24.3. The monoisotopic (exact) mass is 878 g/mol. The van der Waals surface area contributed by atoms with E-state index in [0.717, 1.165) is 55.7 Å². The second-order valence-electron chi connectivity index (χ2n) is 13.4. The van der Waals surface area contributed by atoms with Crippen molar-refractivity contribution in [3.05, 3.63) is 180 Å². The third-order valence-corrected chi connectivity index (χ3v) is 11.8. The summed E-state index contributed by atoms with van der Waals surface area (Å²) in [7, 11) is -1.43. The molecule has 0 atom stereocenters. The maximum Gasteiger partial charge on any atom is 0.123 e. The van der Waals surface area contributed by atoms with Gasteiger partial charge in [-0.25, -0.2) is 4.39 Å². The van der Waals surface area contributed by atoms with Gasteiger partial charge in [0, 0.05) is 42.0 Å². The van der Waals surface area contributed by atoms with Crippen molar-refractivity contribution in [3.63, 3.8) is 0 Å². The molecule has 0 saturated heterocycles. The molecule has 8 aromatic rings. The van der Waals surface area contributed by atoms with Gasteiger partial charge in [0.1, 0.15) is 5.82 Å². The molecule has 0 fully saturated rings. The fourth-order valence-corrected chi connectivity index (χ4v) is 8.68. The normalized spacial score (nSPS) is 11.1. The zero-order valence-electron chi connectivity index (χ0n) is 28.7. The molecular weight excluding hydrogens is 842 g/mol. The molecule has 1 radical (unpaired) electrons. The fraction of sp³-hybridized carbons (Fsp3) is 0.114. The summed E-state index contributed by atoms with van der Waals surface area (Å²) in [5.74, 6) is -0.237. The van der Waals surface area contributed by atoms with E-state index in [1.807, 2.05) is 54.7 Å². The van der Waals surface area contributed by atoms with E-state index in [2.05, 4.69) is 109 Å². The molecule has 0 unspecified atom stereocenters. The number of benzene rings is 4. The van der Waals surface area contributed by atoms with Crippen molar-refractivity contribution in [2.45, 2.75) is 32.5 Å². The topological polar surface area (TPSA) is 38.7 Å². The molecule has 0 aliphatic rings. The number of aromatic nitrogens is 3. The molecule has 0 amide bonds. The molecule has 0 aliphatic carbocycles. The largest absolute Gasteiger partial charge is 0.341 e. The predicted octanol–water partition coefficient (Wildman–Crippen LogP) is 10.7. The summed E-state index contributed by atoms with van der Waals surface area (Å²) in [6.07, 6.45) is 8.82. The quantitative estimate of drug-likeness (QED) is 0.118. The smallest absolute Gasteiger partial charge is 0.123 e. The molecule has 255 valence electrons. The number of thiophene rings is 1. The summed E-state index contributed by atoms with van der Waals surface area (Å²) in [4.78, 5) is 14.5. The van der Waals surface area contributed by atoms with E-state index < -0.39 is 8.07 Å². The van der Waals surface area contributed by atoms with E-state index in [9.17, 15) is 4.39 Å². The summed E-state index contributed by atoms with van der Waals surface area (Å²) in [5, 5.41) is 3.28. The van der Waals surface area contributed by atoms with E-state index in [-0.39, 0.29) is 25.9 Å². The maximum absolute atomic E-state index is 13.7. The zero-order valence-corrected chi connectivity index (χ0v) is 32.9. The van der Waals surface area contributed by atoms with Crippen molar-refractivity contribution >= 4 is 44.9 Å². The molecule has 0 bridgehead atoms. The van der Waals surface area contributed by atoms with Crippen LogP contribution in [0.2, 0.25) is 19.6 Å². The SMILES string of the molecule is C[Si](C)(C)c1cnc(-c2[c-]cccc2)cc1Cc1ccccc1.Fc1ccc2sc3n[c-]c(-c4cc(Cc5ccccc5)ccn4)cc3c2c1.[Ir]. The molecule has 4 aromatic carbocycles. The maximum atomic E-state index is 13.7. The van der Waals surface area contributed by atoms with E-state index >= 15 is 0 Å². The summed E-state index contributed by atoms with van der Waals surface area (Å²) in [5.41, 5.74) is 8.91. The molecule has 8 rings (SSSR count). The molecule has 3 nitrogen and oxygen atoms in total. The van der Waals surface area contributed by atoms with Crippen molar-refractivity contribution in [3.8, 4) is 22.5 Å².